The monoisotopic (exact) mass is 422 g/mol. The molecule has 0 fully saturated rings. The summed E-state index contributed by atoms with van der Waals surface area (Å²) >= 11 is 1.73. The van der Waals surface area contributed by atoms with E-state index in [4.69, 9.17) is 0 Å². The number of pyridine rings is 2. The lowest BCUT2D eigenvalue weighted by Gasteiger charge is -1.97. The minimum absolute atomic E-state index is 0. The molecule has 4 rings (SSSR count). The normalized spacial score (nSPS) is 10.1. The largest absolute Gasteiger partial charge is 1.00 e. The average Bonchev–Trinajstić information content (AvgIpc) is 3.00. The smallest absolute Gasteiger partial charge is 0.284 e. The van der Waals surface area contributed by atoms with Gasteiger partial charge < -0.3 is 34.0 Å². The molecule has 0 aliphatic rings. The third-order valence-electron chi connectivity index (χ3n) is 3.35. The van der Waals surface area contributed by atoms with Crippen LogP contribution in [0.4, 0.5) is 0 Å². The molecule has 0 amide bonds. The van der Waals surface area contributed by atoms with Crippen molar-refractivity contribution in [3.05, 3.63) is 71.8 Å². The van der Waals surface area contributed by atoms with Crippen LogP contribution in [-0.4, -0.2) is 0 Å². The molecule has 0 aliphatic heterocycles. The topological polar surface area (TPSA) is 8.20 Å². The molecule has 0 bridgehead atoms. The first-order chi connectivity index (χ1) is 9.43. The lowest BCUT2D eigenvalue weighted by Crippen LogP contribution is -3.00. The fourth-order valence-corrected chi connectivity index (χ4v) is 3.12. The molecule has 0 aromatic carbocycles. The molecule has 0 unspecified atom stereocenters. The summed E-state index contributed by atoms with van der Waals surface area (Å²) in [4.78, 5) is 0. The SMILES string of the molecule is [Br-].[Br-].c1cc[n+]2cc(-c3ccsc3)[n+]3ccccc3c2c1. The molecule has 21 heavy (non-hydrogen) atoms. The third kappa shape index (κ3) is 2.73. The lowest BCUT2D eigenvalue weighted by atomic mass is 10.2. The van der Waals surface area contributed by atoms with Gasteiger partial charge in [-0.15, -0.1) is 4.40 Å². The van der Waals surface area contributed by atoms with Crippen LogP contribution in [0.5, 0.6) is 0 Å². The van der Waals surface area contributed by atoms with Crippen molar-refractivity contribution >= 4 is 22.4 Å². The first-order valence-corrected chi connectivity index (χ1v) is 7.14. The predicted octanol–water partition coefficient (Wildman–Crippen LogP) is -3.10. The Labute approximate surface area is 147 Å². The van der Waals surface area contributed by atoms with Gasteiger partial charge in [-0.25, -0.2) is 0 Å². The van der Waals surface area contributed by atoms with Gasteiger partial charge in [0.2, 0.25) is 6.20 Å². The van der Waals surface area contributed by atoms with E-state index in [0.717, 1.165) is 0 Å². The molecule has 4 heterocycles. The Bertz CT molecular complexity index is 876. The van der Waals surface area contributed by atoms with E-state index in [1.807, 2.05) is 0 Å². The van der Waals surface area contributed by atoms with Crippen LogP contribution in [0.2, 0.25) is 0 Å². The Kier molecular flexibility index (Phi) is 5.08. The van der Waals surface area contributed by atoms with E-state index in [2.05, 4.69) is 80.6 Å². The van der Waals surface area contributed by atoms with Crippen molar-refractivity contribution in [3.63, 3.8) is 0 Å². The maximum absolute atomic E-state index is 2.25. The number of rotatable bonds is 1. The van der Waals surface area contributed by atoms with Crippen molar-refractivity contribution in [2.75, 3.05) is 0 Å². The zero-order valence-corrected chi connectivity index (χ0v) is 15.0. The summed E-state index contributed by atoms with van der Waals surface area (Å²) < 4.78 is 4.43. The van der Waals surface area contributed by atoms with Crippen molar-refractivity contribution in [2.24, 2.45) is 0 Å². The molecule has 0 saturated heterocycles. The fraction of sp³-hybridized carbons (Fsp3) is 0. The Balaban J connectivity index is 0.000000807. The van der Waals surface area contributed by atoms with Gasteiger partial charge in [0.15, 0.2) is 12.4 Å². The fourth-order valence-electron chi connectivity index (χ4n) is 2.47. The van der Waals surface area contributed by atoms with E-state index in [1.54, 1.807) is 11.3 Å². The third-order valence-corrected chi connectivity index (χ3v) is 4.03. The highest BCUT2D eigenvalue weighted by atomic mass is 79.9. The number of hydrogen-bond acceptors (Lipinski definition) is 1. The van der Waals surface area contributed by atoms with Crippen LogP contribution in [0.25, 0.3) is 22.3 Å². The Morgan fingerprint density at radius 1 is 0.810 bits per heavy atom. The van der Waals surface area contributed by atoms with Crippen LogP contribution in [0.15, 0.2) is 71.8 Å². The summed E-state index contributed by atoms with van der Waals surface area (Å²) in [5, 5.41) is 4.30. The van der Waals surface area contributed by atoms with E-state index in [9.17, 15) is 0 Å². The molecule has 0 atom stereocenters. The molecular weight excluding hydrogens is 412 g/mol. The van der Waals surface area contributed by atoms with Gasteiger partial charge >= 0.3 is 0 Å². The molecule has 0 N–H and O–H groups in total. The summed E-state index contributed by atoms with van der Waals surface area (Å²) in [6, 6.07) is 14.8. The number of thiophene rings is 1. The molecule has 0 spiro atoms. The van der Waals surface area contributed by atoms with Crippen molar-refractivity contribution in [3.8, 4) is 11.3 Å². The number of halogens is 2. The van der Waals surface area contributed by atoms with Gasteiger partial charge in [-0.05, 0) is 23.6 Å². The van der Waals surface area contributed by atoms with Gasteiger partial charge in [0.05, 0.1) is 5.56 Å². The van der Waals surface area contributed by atoms with Crippen LogP contribution in [-0.2, 0) is 0 Å². The van der Waals surface area contributed by atoms with E-state index < -0.39 is 0 Å². The van der Waals surface area contributed by atoms with Crippen LogP contribution in [0.1, 0.15) is 0 Å². The lowest BCUT2D eigenvalue weighted by molar-refractivity contribution is -0.556. The van der Waals surface area contributed by atoms with Crippen molar-refractivity contribution < 1.29 is 42.8 Å². The minimum atomic E-state index is 0. The molecule has 0 saturated carbocycles. The Hall–Kier alpha value is -1.30. The second-order valence-electron chi connectivity index (χ2n) is 4.48. The standard InChI is InChI=1S/C16H12N2S.2BrH/c1-3-8-17-11-16(13-7-10-19-12-13)18-9-4-2-6-15(18)14(17)5-1;;/h1-12H;2*1H/q+2;;/p-2. The molecule has 4 aromatic rings. The van der Waals surface area contributed by atoms with Gasteiger partial charge in [0.1, 0.15) is 0 Å². The number of aromatic nitrogens is 2. The molecule has 0 aliphatic carbocycles. The maximum Gasteiger partial charge on any atom is 0.284 e. The van der Waals surface area contributed by atoms with E-state index in [1.165, 1.54) is 22.3 Å². The summed E-state index contributed by atoms with van der Waals surface area (Å²) in [7, 11) is 0. The van der Waals surface area contributed by atoms with Gasteiger partial charge in [-0.2, -0.15) is 15.7 Å². The number of hydrogen-bond donors (Lipinski definition) is 0. The Morgan fingerprint density at radius 2 is 1.57 bits per heavy atom. The summed E-state index contributed by atoms with van der Waals surface area (Å²) in [6.45, 7) is 0. The number of fused-ring (bicyclic) bond motifs is 3. The molecule has 106 valence electrons. The number of nitrogens with zero attached hydrogens (tertiary/aromatic N) is 2. The summed E-state index contributed by atoms with van der Waals surface area (Å²) in [5.41, 5.74) is 4.89. The quantitative estimate of drug-likeness (QED) is 0.226. The van der Waals surface area contributed by atoms with Gasteiger partial charge in [0.25, 0.3) is 16.7 Å². The molecule has 5 heteroatoms. The Morgan fingerprint density at radius 3 is 2.33 bits per heavy atom. The van der Waals surface area contributed by atoms with Gasteiger partial charge in [-0.1, -0.05) is 0 Å². The first kappa shape index (κ1) is 16.1. The van der Waals surface area contributed by atoms with Crippen LogP contribution in [0, 0.1) is 0 Å². The van der Waals surface area contributed by atoms with Crippen LogP contribution in [0.3, 0.4) is 0 Å². The molecule has 0 radical (unpaired) electrons. The van der Waals surface area contributed by atoms with E-state index in [0.29, 0.717) is 0 Å². The van der Waals surface area contributed by atoms with Gasteiger partial charge in [-0.3, -0.25) is 0 Å². The molecule has 2 nitrogen and oxygen atoms in total. The van der Waals surface area contributed by atoms with Crippen LogP contribution < -0.4 is 42.8 Å². The zero-order valence-electron chi connectivity index (χ0n) is 11.0. The minimum Gasteiger partial charge on any atom is -1.00 e. The van der Waals surface area contributed by atoms with Crippen LogP contribution >= 0.6 is 11.3 Å². The first-order valence-electron chi connectivity index (χ1n) is 6.19. The highest BCUT2D eigenvalue weighted by molar-refractivity contribution is 7.08. The summed E-state index contributed by atoms with van der Waals surface area (Å²) in [5.74, 6) is 0. The van der Waals surface area contributed by atoms with Crippen molar-refractivity contribution in [1.82, 2.24) is 0 Å². The molecular formula is C16H12Br2N2S. The zero-order chi connectivity index (χ0) is 12.7. The molecule has 4 aromatic heterocycles. The summed E-state index contributed by atoms with van der Waals surface area (Å²) in [6.07, 6.45) is 6.40. The highest BCUT2D eigenvalue weighted by Gasteiger charge is 2.21. The predicted molar refractivity (Wildman–Crippen MR) is 76.1 cm³/mol. The van der Waals surface area contributed by atoms with E-state index >= 15 is 0 Å². The average molecular weight is 424 g/mol. The van der Waals surface area contributed by atoms with Crippen molar-refractivity contribution in [1.29, 1.82) is 0 Å². The second-order valence-corrected chi connectivity index (χ2v) is 5.26. The van der Waals surface area contributed by atoms with Gasteiger partial charge in [0, 0.05) is 29.6 Å². The second kappa shape index (κ2) is 6.64. The van der Waals surface area contributed by atoms with Crippen molar-refractivity contribution in [2.45, 2.75) is 0 Å². The van der Waals surface area contributed by atoms with E-state index in [-0.39, 0.29) is 34.0 Å². The maximum atomic E-state index is 2.25. The highest BCUT2D eigenvalue weighted by Crippen LogP contribution is 2.19.